The largest absolute Gasteiger partial charge is 0.365 e. The van der Waals surface area contributed by atoms with Gasteiger partial charge in [-0.1, -0.05) is 18.2 Å². The van der Waals surface area contributed by atoms with Crippen molar-refractivity contribution in [3.8, 4) is 0 Å². The Labute approximate surface area is 208 Å². The van der Waals surface area contributed by atoms with Gasteiger partial charge < -0.3 is 10.2 Å². The topological polar surface area (TPSA) is 91.6 Å². The maximum absolute atomic E-state index is 13.4. The molecule has 2 aliphatic heterocycles. The van der Waals surface area contributed by atoms with E-state index >= 15 is 0 Å². The molecule has 1 N–H and O–H groups in total. The number of fused-ring (bicyclic) bond motifs is 3. The molecule has 8 nitrogen and oxygen atoms in total. The smallest absolute Gasteiger partial charge is 0.269 e. The fourth-order valence-electron chi connectivity index (χ4n) is 5.26. The second-order valence-electron chi connectivity index (χ2n) is 9.37. The molecule has 36 heavy (non-hydrogen) atoms. The molecule has 2 unspecified atom stereocenters. The second-order valence-corrected chi connectivity index (χ2v) is 9.37. The van der Waals surface area contributed by atoms with Gasteiger partial charge in [0.2, 0.25) is 5.91 Å². The number of hydrogen-bond acceptors (Lipinski definition) is 6. The minimum absolute atomic E-state index is 0.0384. The van der Waals surface area contributed by atoms with E-state index in [1.54, 1.807) is 24.4 Å². The number of halogens is 1. The molecule has 2 aromatic carbocycles. The number of nitro benzene ring substituents is 1. The third kappa shape index (κ3) is 5.21. The lowest BCUT2D eigenvalue weighted by Gasteiger charge is -2.49. The highest BCUT2D eigenvalue weighted by molar-refractivity contribution is 5.82. The first-order valence-corrected chi connectivity index (χ1v) is 12.2. The lowest BCUT2D eigenvalue weighted by molar-refractivity contribution is -0.384. The van der Waals surface area contributed by atoms with Gasteiger partial charge in [-0.3, -0.25) is 24.8 Å². The Morgan fingerprint density at radius 2 is 1.97 bits per heavy atom. The average molecular weight is 490 g/mol. The van der Waals surface area contributed by atoms with Gasteiger partial charge in [-0.25, -0.2) is 4.39 Å². The van der Waals surface area contributed by atoms with Crippen molar-refractivity contribution in [2.45, 2.75) is 25.4 Å². The zero-order valence-corrected chi connectivity index (χ0v) is 19.8. The van der Waals surface area contributed by atoms with Crippen LogP contribution in [0.25, 0.3) is 0 Å². The summed E-state index contributed by atoms with van der Waals surface area (Å²) in [5.41, 5.74) is 3.76. The molecule has 0 aliphatic carbocycles. The van der Waals surface area contributed by atoms with Gasteiger partial charge in [0.25, 0.3) is 5.69 Å². The molecule has 1 fully saturated rings. The molecule has 0 bridgehead atoms. The van der Waals surface area contributed by atoms with E-state index in [0.717, 1.165) is 29.1 Å². The number of pyridine rings is 1. The van der Waals surface area contributed by atoms with Gasteiger partial charge in [-0.2, -0.15) is 0 Å². The summed E-state index contributed by atoms with van der Waals surface area (Å²) in [6.45, 7) is 3.30. The summed E-state index contributed by atoms with van der Waals surface area (Å²) in [4.78, 5) is 33.2. The molecule has 186 valence electrons. The Hall–Kier alpha value is -3.85. The van der Waals surface area contributed by atoms with Crippen molar-refractivity contribution in [3.63, 3.8) is 0 Å². The maximum Gasteiger partial charge on any atom is 0.269 e. The first kappa shape index (κ1) is 23.9. The van der Waals surface area contributed by atoms with Gasteiger partial charge in [0.05, 0.1) is 16.9 Å². The molecule has 3 heterocycles. The van der Waals surface area contributed by atoms with Crippen molar-refractivity contribution in [2.24, 2.45) is 5.92 Å². The standard InChI is InChI=1S/C27H28FN5O3/c28-21-6-4-19(5-7-21)17-31-13-14-32-25-9-8-23(33(35)36)15-20(25)16-24(26(32)18-31)27(34)30-12-10-22-3-1-2-11-29-22/h1-9,11,15,24,26H,10,12-14,16-18H2,(H,30,34). The molecule has 9 heteroatoms. The van der Waals surface area contributed by atoms with Crippen LogP contribution in [0.15, 0.2) is 66.9 Å². The Morgan fingerprint density at radius 1 is 1.14 bits per heavy atom. The molecule has 0 spiro atoms. The predicted molar refractivity (Wildman–Crippen MR) is 134 cm³/mol. The van der Waals surface area contributed by atoms with Crippen molar-refractivity contribution >= 4 is 17.3 Å². The third-order valence-corrected chi connectivity index (χ3v) is 7.05. The molecule has 1 saturated heterocycles. The van der Waals surface area contributed by atoms with E-state index in [4.69, 9.17) is 0 Å². The van der Waals surface area contributed by atoms with Crippen molar-refractivity contribution in [2.75, 3.05) is 31.1 Å². The molecule has 0 saturated carbocycles. The lowest BCUT2D eigenvalue weighted by atomic mass is 9.83. The second kappa shape index (κ2) is 10.4. The van der Waals surface area contributed by atoms with Crippen LogP contribution in [0.3, 0.4) is 0 Å². The van der Waals surface area contributed by atoms with Crippen molar-refractivity contribution in [1.29, 1.82) is 0 Å². The van der Waals surface area contributed by atoms with Crippen LogP contribution in [0.4, 0.5) is 15.8 Å². The van der Waals surface area contributed by atoms with Gasteiger partial charge >= 0.3 is 0 Å². The molecule has 0 radical (unpaired) electrons. The van der Waals surface area contributed by atoms with Crippen LogP contribution in [0.2, 0.25) is 0 Å². The van der Waals surface area contributed by atoms with Gasteiger partial charge in [0, 0.05) is 68.9 Å². The van der Waals surface area contributed by atoms with Crippen LogP contribution in [0.1, 0.15) is 16.8 Å². The monoisotopic (exact) mass is 489 g/mol. The van der Waals surface area contributed by atoms with Gasteiger partial charge in [-0.05, 0) is 47.9 Å². The highest BCUT2D eigenvalue weighted by atomic mass is 19.1. The number of rotatable bonds is 7. The van der Waals surface area contributed by atoms with Crippen LogP contribution in [0, 0.1) is 21.8 Å². The van der Waals surface area contributed by atoms with E-state index in [0.29, 0.717) is 39.0 Å². The molecular formula is C27H28FN5O3. The summed E-state index contributed by atoms with van der Waals surface area (Å²) in [7, 11) is 0. The normalized spacial score (nSPS) is 19.3. The number of anilines is 1. The van der Waals surface area contributed by atoms with Crippen LogP contribution in [-0.4, -0.2) is 52.9 Å². The number of amides is 1. The van der Waals surface area contributed by atoms with Crippen molar-refractivity contribution in [3.05, 3.63) is 99.6 Å². The average Bonchev–Trinajstić information content (AvgIpc) is 2.89. The maximum atomic E-state index is 13.4. The first-order chi connectivity index (χ1) is 17.5. The summed E-state index contributed by atoms with van der Waals surface area (Å²) < 4.78 is 13.3. The van der Waals surface area contributed by atoms with E-state index in [2.05, 4.69) is 20.1 Å². The van der Waals surface area contributed by atoms with Crippen LogP contribution in [-0.2, 0) is 24.2 Å². The summed E-state index contributed by atoms with van der Waals surface area (Å²) in [6, 6.07) is 17.1. The fourth-order valence-corrected chi connectivity index (χ4v) is 5.26. The zero-order valence-electron chi connectivity index (χ0n) is 19.8. The molecular weight excluding hydrogens is 461 g/mol. The Morgan fingerprint density at radius 3 is 2.72 bits per heavy atom. The number of benzene rings is 2. The fraction of sp³-hybridized carbons (Fsp3) is 0.333. The van der Waals surface area contributed by atoms with Gasteiger partial charge in [-0.15, -0.1) is 0 Å². The highest BCUT2D eigenvalue weighted by Crippen LogP contribution is 2.38. The predicted octanol–water partition coefficient (Wildman–Crippen LogP) is 3.35. The number of hydrogen-bond donors (Lipinski definition) is 1. The minimum atomic E-state index is -0.394. The van der Waals surface area contributed by atoms with E-state index < -0.39 is 4.92 Å². The minimum Gasteiger partial charge on any atom is -0.365 e. The van der Waals surface area contributed by atoms with Crippen LogP contribution >= 0.6 is 0 Å². The van der Waals surface area contributed by atoms with Crippen LogP contribution < -0.4 is 10.2 Å². The highest BCUT2D eigenvalue weighted by Gasteiger charge is 2.41. The van der Waals surface area contributed by atoms with E-state index in [9.17, 15) is 19.3 Å². The molecule has 1 aromatic heterocycles. The summed E-state index contributed by atoms with van der Waals surface area (Å²) in [5, 5.41) is 14.4. The van der Waals surface area contributed by atoms with Crippen molar-refractivity contribution in [1.82, 2.24) is 15.2 Å². The first-order valence-electron chi connectivity index (χ1n) is 12.2. The molecule has 3 aromatic rings. The zero-order chi connectivity index (χ0) is 25.1. The van der Waals surface area contributed by atoms with Crippen LogP contribution in [0.5, 0.6) is 0 Å². The number of non-ortho nitro benzene ring substituents is 1. The summed E-state index contributed by atoms with van der Waals surface area (Å²) in [5.74, 6) is -0.662. The summed E-state index contributed by atoms with van der Waals surface area (Å²) in [6.07, 6.45) is 2.81. The van der Waals surface area contributed by atoms with Crippen molar-refractivity contribution < 1.29 is 14.1 Å². The van der Waals surface area contributed by atoms with E-state index in [1.807, 2.05) is 24.3 Å². The number of aromatic nitrogens is 1. The van der Waals surface area contributed by atoms with Gasteiger partial charge in [0.15, 0.2) is 0 Å². The Kier molecular flexibility index (Phi) is 6.90. The Bertz CT molecular complexity index is 1240. The lowest BCUT2D eigenvalue weighted by Crippen LogP contribution is -2.61. The number of carbonyl (C=O) groups excluding carboxylic acids is 1. The SMILES string of the molecule is O=C(NCCc1ccccn1)C1Cc2cc([N+](=O)[O-])ccc2N2CCN(Cc3ccc(F)cc3)CC12. The molecule has 2 atom stereocenters. The molecule has 1 amide bonds. The molecule has 2 aliphatic rings. The van der Waals surface area contributed by atoms with Gasteiger partial charge in [0.1, 0.15) is 5.82 Å². The number of nitrogens with zero attached hydrogens (tertiary/aromatic N) is 4. The number of carbonyl (C=O) groups is 1. The number of nitro groups is 1. The third-order valence-electron chi connectivity index (χ3n) is 7.05. The quantitative estimate of drug-likeness (QED) is 0.404. The molecule has 5 rings (SSSR count). The Balaban J connectivity index is 1.35. The van der Waals surface area contributed by atoms with E-state index in [-0.39, 0.29) is 29.4 Å². The number of piperazine rings is 1. The van der Waals surface area contributed by atoms with E-state index in [1.165, 1.54) is 18.2 Å². The number of nitrogens with one attached hydrogen (secondary N) is 1. The summed E-state index contributed by atoms with van der Waals surface area (Å²) >= 11 is 0.